The molecule has 0 spiro atoms. The summed E-state index contributed by atoms with van der Waals surface area (Å²) in [5, 5.41) is 13.6. The molecule has 6 heteroatoms. The Hall–Kier alpha value is -1.24. The van der Waals surface area contributed by atoms with Crippen LogP contribution in [0.4, 0.5) is 0 Å². The molecule has 1 N–H and O–H groups in total. The molecule has 1 atom stereocenters. The van der Waals surface area contributed by atoms with Crippen LogP contribution in [0.3, 0.4) is 0 Å². The van der Waals surface area contributed by atoms with E-state index in [1.807, 2.05) is 17.5 Å². The molecule has 0 aliphatic carbocycles. The van der Waals surface area contributed by atoms with E-state index < -0.39 is 0 Å². The van der Waals surface area contributed by atoms with E-state index in [9.17, 15) is 0 Å². The average molecular weight is 264 g/mol. The normalized spacial score (nSPS) is 19.8. The van der Waals surface area contributed by atoms with Gasteiger partial charge in [-0.1, -0.05) is 6.07 Å². The molecule has 0 bridgehead atoms. The van der Waals surface area contributed by atoms with Gasteiger partial charge in [0.15, 0.2) is 0 Å². The molecule has 3 heterocycles. The Morgan fingerprint density at radius 3 is 3.22 bits per heavy atom. The second-order valence-corrected chi connectivity index (χ2v) is 5.49. The van der Waals surface area contributed by atoms with E-state index in [0.29, 0.717) is 24.4 Å². The number of likely N-dealkylation sites (N-methyl/N-ethyl adjacent to an activating group) is 1. The number of hydrogen-bond donors (Lipinski definition) is 1. The number of rotatable bonds is 4. The Bertz CT molecular complexity index is 490. The van der Waals surface area contributed by atoms with Crippen molar-refractivity contribution in [1.82, 2.24) is 20.4 Å². The molecule has 1 aliphatic heterocycles. The van der Waals surface area contributed by atoms with E-state index in [1.54, 1.807) is 11.3 Å². The summed E-state index contributed by atoms with van der Waals surface area (Å²) >= 11 is 1.61. The molecule has 5 nitrogen and oxygen atoms in total. The van der Waals surface area contributed by atoms with Gasteiger partial charge in [0.2, 0.25) is 5.89 Å². The van der Waals surface area contributed by atoms with Gasteiger partial charge in [-0.25, -0.2) is 0 Å². The van der Waals surface area contributed by atoms with Gasteiger partial charge in [0.25, 0.3) is 5.89 Å². The molecule has 96 valence electrons. The molecule has 1 aliphatic rings. The summed E-state index contributed by atoms with van der Waals surface area (Å²) in [5.74, 6) is 1.31. The first-order valence-electron chi connectivity index (χ1n) is 6.10. The highest BCUT2D eigenvalue weighted by Crippen LogP contribution is 2.23. The van der Waals surface area contributed by atoms with E-state index in [4.69, 9.17) is 4.42 Å². The fourth-order valence-corrected chi connectivity index (χ4v) is 2.82. The zero-order valence-corrected chi connectivity index (χ0v) is 11.1. The minimum Gasteiger partial charge on any atom is -0.419 e. The monoisotopic (exact) mass is 264 g/mol. The molecular formula is C12H16N4OS. The SMILES string of the molecule is CN(Cc1nnc(-c2cccs2)o1)C1CCNC1. The quantitative estimate of drug-likeness (QED) is 0.909. The smallest absolute Gasteiger partial charge is 0.257 e. The highest BCUT2D eigenvalue weighted by atomic mass is 32.1. The van der Waals surface area contributed by atoms with Gasteiger partial charge >= 0.3 is 0 Å². The Morgan fingerprint density at radius 1 is 1.56 bits per heavy atom. The van der Waals surface area contributed by atoms with Crippen molar-refractivity contribution in [2.45, 2.75) is 19.0 Å². The third-order valence-electron chi connectivity index (χ3n) is 3.24. The van der Waals surface area contributed by atoms with Crippen molar-refractivity contribution in [3.63, 3.8) is 0 Å². The zero-order valence-electron chi connectivity index (χ0n) is 10.3. The minimum atomic E-state index is 0.571. The first-order chi connectivity index (χ1) is 8.83. The summed E-state index contributed by atoms with van der Waals surface area (Å²) in [7, 11) is 2.10. The maximum Gasteiger partial charge on any atom is 0.257 e. The lowest BCUT2D eigenvalue weighted by Crippen LogP contribution is -2.32. The van der Waals surface area contributed by atoms with Gasteiger partial charge in [0, 0.05) is 12.6 Å². The molecule has 2 aromatic heterocycles. The largest absolute Gasteiger partial charge is 0.419 e. The fraction of sp³-hybridized carbons (Fsp3) is 0.500. The van der Waals surface area contributed by atoms with Crippen molar-refractivity contribution in [3.05, 3.63) is 23.4 Å². The fourth-order valence-electron chi connectivity index (χ4n) is 2.18. The summed E-state index contributed by atoms with van der Waals surface area (Å²) in [6.45, 7) is 2.85. The summed E-state index contributed by atoms with van der Waals surface area (Å²) in [6.07, 6.45) is 1.18. The first kappa shape index (κ1) is 11.8. The lowest BCUT2D eigenvalue weighted by molar-refractivity contribution is 0.226. The number of thiophene rings is 1. The molecule has 2 aromatic rings. The van der Waals surface area contributed by atoms with Gasteiger partial charge in [-0.3, -0.25) is 4.90 Å². The third-order valence-corrected chi connectivity index (χ3v) is 4.10. The molecule has 0 saturated carbocycles. The van der Waals surface area contributed by atoms with E-state index in [2.05, 4.69) is 27.5 Å². The van der Waals surface area contributed by atoms with Gasteiger partial charge in [-0.2, -0.15) is 0 Å². The second-order valence-electron chi connectivity index (χ2n) is 4.54. The number of nitrogens with zero attached hydrogens (tertiary/aromatic N) is 3. The van der Waals surface area contributed by atoms with Crippen molar-refractivity contribution >= 4 is 11.3 Å². The van der Waals surface area contributed by atoms with Gasteiger partial charge in [0.1, 0.15) is 0 Å². The predicted octanol–water partition coefficient (Wildman–Crippen LogP) is 1.59. The molecule has 3 rings (SSSR count). The van der Waals surface area contributed by atoms with E-state index in [-0.39, 0.29) is 0 Å². The Kier molecular flexibility index (Phi) is 3.40. The second kappa shape index (κ2) is 5.17. The van der Waals surface area contributed by atoms with Gasteiger partial charge < -0.3 is 9.73 Å². The highest BCUT2D eigenvalue weighted by Gasteiger charge is 2.21. The summed E-state index contributed by atoms with van der Waals surface area (Å²) in [5.41, 5.74) is 0. The zero-order chi connectivity index (χ0) is 12.4. The Morgan fingerprint density at radius 2 is 2.50 bits per heavy atom. The first-order valence-corrected chi connectivity index (χ1v) is 6.98. The molecule has 0 amide bonds. The third kappa shape index (κ3) is 2.45. The van der Waals surface area contributed by atoms with E-state index in [0.717, 1.165) is 18.0 Å². The van der Waals surface area contributed by atoms with Crippen LogP contribution in [-0.2, 0) is 6.54 Å². The average Bonchev–Trinajstić information content (AvgIpc) is 3.12. The topological polar surface area (TPSA) is 54.2 Å². The van der Waals surface area contributed by atoms with E-state index >= 15 is 0 Å². The number of nitrogens with one attached hydrogen (secondary N) is 1. The van der Waals surface area contributed by atoms with Crippen LogP contribution in [0, 0.1) is 0 Å². The van der Waals surface area contributed by atoms with Gasteiger partial charge in [-0.15, -0.1) is 21.5 Å². The van der Waals surface area contributed by atoms with Crippen LogP contribution in [0.5, 0.6) is 0 Å². The Labute approximate surface area is 110 Å². The lowest BCUT2D eigenvalue weighted by Gasteiger charge is -2.21. The van der Waals surface area contributed by atoms with Gasteiger partial charge in [-0.05, 0) is 31.5 Å². The number of aromatic nitrogens is 2. The van der Waals surface area contributed by atoms with Crippen LogP contribution in [0.25, 0.3) is 10.8 Å². The minimum absolute atomic E-state index is 0.571. The molecular weight excluding hydrogens is 248 g/mol. The summed E-state index contributed by atoms with van der Waals surface area (Å²) in [4.78, 5) is 3.30. The summed E-state index contributed by atoms with van der Waals surface area (Å²) < 4.78 is 5.68. The predicted molar refractivity (Wildman–Crippen MR) is 70.4 cm³/mol. The Balaban J connectivity index is 1.66. The van der Waals surface area contributed by atoms with E-state index in [1.165, 1.54) is 6.42 Å². The van der Waals surface area contributed by atoms with Gasteiger partial charge in [0.05, 0.1) is 11.4 Å². The van der Waals surface area contributed by atoms with Crippen molar-refractivity contribution in [3.8, 4) is 10.8 Å². The van der Waals surface area contributed by atoms with Crippen molar-refractivity contribution in [1.29, 1.82) is 0 Å². The molecule has 1 fully saturated rings. The lowest BCUT2D eigenvalue weighted by atomic mass is 10.2. The van der Waals surface area contributed by atoms with Crippen LogP contribution in [0.2, 0.25) is 0 Å². The molecule has 18 heavy (non-hydrogen) atoms. The maximum atomic E-state index is 5.68. The maximum absolute atomic E-state index is 5.68. The molecule has 0 radical (unpaired) electrons. The summed E-state index contributed by atoms with van der Waals surface area (Å²) in [6, 6.07) is 4.55. The van der Waals surface area contributed by atoms with Crippen LogP contribution < -0.4 is 5.32 Å². The van der Waals surface area contributed by atoms with Crippen LogP contribution in [0.15, 0.2) is 21.9 Å². The van der Waals surface area contributed by atoms with Crippen LogP contribution in [-0.4, -0.2) is 41.3 Å². The van der Waals surface area contributed by atoms with Crippen LogP contribution in [0.1, 0.15) is 12.3 Å². The van der Waals surface area contributed by atoms with Crippen molar-refractivity contribution in [2.24, 2.45) is 0 Å². The van der Waals surface area contributed by atoms with Crippen molar-refractivity contribution in [2.75, 3.05) is 20.1 Å². The molecule has 0 aromatic carbocycles. The van der Waals surface area contributed by atoms with Crippen molar-refractivity contribution < 1.29 is 4.42 Å². The molecule has 1 unspecified atom stereocenters. The number of hydrogen-bond acceptors (Lipinski definition) is 6. The van der Waals surface area contributed by atoms with Crippen LogP contribution >= 0.6 is 11.3 Å². The standard InChI is InChI=1S/C12H16N4OS/c1-16(9-4-5-13-7-9)8-11-14-15-12(17-11)10-3-2-6-18-10/h2-3,6,9,13H,4-5,7-8H2,1H3. The highest BCUT2D eigenvalue weighted by molar-refractivity contribution is 7.13. The molecule has 1 saturated heterocycles.